The van der Waals surface area contributed by atoms with Crippen molar-refractivity contribution in [3.8, 4) is 11.8 Å². The molecule has 2 aliphatic heterocycles. The van der Waals surface area contributed by atoms with E-state index in [1.165, 1.54) is 0 Å². The summed E-state index contributed by atoms with van der Waals surface area (Å²) in [6, 6.07) is 10.2. The minimum atomic E-state index is -0.624. The van der Waals surface area contributed by atoms with E-state index in [4.69, 9.17) is 31.0 Å². The van der Waals surface area contributed by atoms with Gasteiger partial charge in [-0.15, -0.1) is 0 Å². The standard InChI is InChI=1S/C30H33ClN6O3/c1-18-14-36-17-32-13-20(36)15-37(18)27-22-9-10-35(16-24(22)33-29(34-27)39-5)25-12-21(40-28(38)30(2,3)4)11-19-7-6-8-23(31)26(19)25/h6-8,11-13,17-18H,9-10,14-16H2,1-5H3. The number of fused-ring (bicyclic) bond motifs is 3. The van der Waals surface area contributed by atoms with E-state index in [9.17, 15) is 4.79 Å². The van der Waals surface area contributed by atoms with Crippen molar-refractivity contribution in [2.45, 2.75) is 59.8 Å². The van der Waals surface area contributed by atoms with Crippen molar-refractivity contribution in [2.75, 3.05) is 23.5 Å². The molecule has 0 fully saturated rings. The van der Waals surface area contributed by atoms with Gasteiger partial charge in [0.05, 0.1) is 54.0 Å². The van der Waals surface area contributed by atoms with Crippen LogP contribution in [0, 0.1) is 5.41 Å². The number of hydrogen-bond acceptors (Lipinski definition) is 8. The number of carbonyl (C=O) groups is 1. The zero-order valence-electron chi connectivity index (χ0n) is 23.4. The van der Waals surface area contributed by atoms with Crippen LogP contribution in [-0.2, 0) is 30.8 Å². The van der Waals surface area contributed by atoms with Crippen LogP contribution in [0.25, 0.3) is 10.8 Å². The second-order valence-corrected chi connectivity index (χ2v) is 12.0. The number of carbonyl (C=O) groups excluding carboxylic acids is 1. The fourth-order valence-electron chi connectivity index (χ4n) is 5.47. The van der Waals surface area contributed by atoms with E-state index < -0.39 is 5.41 Å². The quantitative estimate of drug-likeness (QED) is 0.242. The maximum absolute atomic E-state index is 12.7. The lowest BCUT2D eigenvalue weighted by molar-refractivity contribution is -0.142. The highest BCUT2D eigenvalue weighted by Gasteiger charge is 2.32. The Kier molecular flexibility index (Phi) is 6.57. The van der Waals surface area contributed by atoms with Crippen molar-refractivity contribution < 1.29 is 14.3 Å². The monoisotopic (exact) mass is 560 g/mol. The maximum Gasteiger partial charge on any atom is 0.318 e. The first-order valence-corrected chi connectivity index (χ1v) is 13.9. The number of anilines is 2. The van der Waals surface area contributed by atoms with Gasteiger partial charge in [0.15, 0.2) is 0 Å². The average molecular weight is 561 g/mol. The summed E-state index contributed by atoms with van der Waals surface area (Å²) in [7, 11) is 1.60. The van der Waals surface area contributed by atoms with Gasteiger partial charge in [0.2, 0.25) is 0 Å². The SMILES string of the molecule is COc1nc2c(c(N3Cc4cncn4CC3C)n1)CCN(c1cc(OC(=O)C(C)(C)C)cc3cccc(Cl)c13)C2. The third-order valence-electron chi connectivity index (χ3n) is 7.64. The Morgan fingerprint density at radius 3 is 2.75 bits per heavy atom. The Bertz CT molecular complexity index is 1610. The smallest absolute Gasteiger partial charge is 0.318 e. The molecular formula is C30H33ClN6O3. The van der Waals surface area contributed by atoms with Gasteiger partial charge in [-0.25, -0.2) is 4.98 Å². The van der Waals surface area contributed by atoms with E-state index >= 15 is 0 Å². The molecule has 6 rings (SSSR count). The molecule has 0 N–H and O–H groups in total. The predicted molar refractivity (Wildman–Crippen MR) is 155 cm³/mol. The van der Waals surface area contributed by atoms with Gasteiger partial charge in [-0.05, 0) is 51.6 Å². The zero-order chi connectivity index (χ0) is 28.2. The van der Waals surface area contributed by atoms with Crippen LogP contribution in [0.4, 0.5) is 11.5 Å². The lowest BCUT2D eigenvalue weighted by Crippen LogP contribution is -2.43. The second kappa shape index (κ2) is 9.96. The minimum absolute atomic E-state index is 0.236. The Morgan fingerprint density at radius 1 is 1.15 bits per heavy atom. The first-order valence-electron chi connectivity index (χ1n) is 13.5. The summed E-state index contributed by atoms with van der Waals surface area (Å²) < 4.78 is 13.6. The van der Waals surface area contributed by atoms with Gasteiger partial charge in [-0.3, -0.25) is 4.79 Å². The minimum Gasteiger partial charge on any atom is -0.467 e. The molecule has 0 amide bonds. The summed E-state index contributed by atoms with van der Waals surface area (Å²) >= 11 is 6.74. The topological polar surface area (TPSA) is 85.6 Å². The molecule has 2 aromatic carbocycles. The van der Waals surface area contributed by atoms with Crippen molar-refractivity contribution in [1.29, 1.82) is 0 Å². The molecular weight excluding hydrogens is 528 g/mol. The lowest BCUT2D eigenvalue weighted by Gasteiger charge is -2.38. The Hall–Kier alpha value is -3.85. The van der Waals surface area contributed by atoms with Gasteiger partial charge >= 0.3 is 12.0 Å². The van der Waals surface area contributed by atoms with Crippen molar-refractivity contribution in [1.82, 2.24) is 19.5 Å². The second-order valence-electron chi connectivity index (χ2n) is 11.6. The third kappa shape index (κ3) is 4.72. The summed E-state index contributed by atoms with van der Waals surface area (Å²) in [6.45, 7) is 10.6. The van der Waals surface area contributed by atoms with E-state index in [2.05, 4.69) is 26.3 Å². The number of benzene rings is 2. The zero-order valence-corrected chi connectivity index (χ0v) is 24.2. The fourth-order valence-corrected chi connectivity index (χ4v) is 5.74. The van der Waals surface area contributed by atoms with Crippen LogP contribution in [0.2, 0.25) is 5.02 Å². The fraction of sp³-hybridized carbons (Fsp3) is 0.400. The summed E-state index contributed by atoms with van der Waals surface area (Å²) in [6.07, 6.45) is 4.55. The predicted octanol–water partition coefficient (Wildman–Crippen LogP) is 5.41. The van der Waals surface area contributed by atoms with E-state index in [1.54, 1.807) is 7.11 Å². The summed E-state index contributed by atoms with van der Waals surface area (Å²) in [5.41, 5.74) is 3.48. The van der Waals surface area contributed by atoms with E-state index in [1.807, 2.05) is 63.6 Å². The van der Waals surface area contributed by atoms with Gasteiger partial charge in [0, 0.05) is 42.3 Å². The molecule has 0 saturated heterocycles. The van der Waals surface area contributed by atoms with Crippen LogP contribution in [0.1, 0.15) is 44.6 Å². The van der Waals surface area contributed by atoms with Crippen LogP contribution in [-0.4, -0.2) is 45.2 Å². The van der Waals surface area contributed by atoms with Crippen LogP contribution in [0.3, 0.4) is 0 Å². The summed E-state index contributed by atoms with van der Waals surface area (Å²) in [5.74, 6) is 1.12. The Labute approximate surface area is 238 Å². The number of rotatable bonds is 4. The molecule has 0 spiro atoms. The number of aromatic nitrogens is 4. The average Bonchev–Trinajstić information content (AvgIpc) is 3.38. The number of esters is 1. The molecule has 9 nitrogen and oxygen atoms in total. The Balaban J connectivity index is 1.40. The van der Waals surface area contributed by atoms with E-state index in [0.29, 0.717) is 23.3 Å². The van der Waals surface area contributed by atoms with Gasteiger partial charge in [0.25, 0.3) is 0 Å². The molecule has 1 unspecified atom stereocenters. The van der Waals surface area contributed by atoms with Crippen LogP contribution in [0.5, 0.6) is 11.8 Å². The van der Waals surface area contributed by atoms with Crippen LogP contribution >= 0.6 is 11.6 Å². The molecule has 40 heavy (non-hydrogen) atoms. The van der Waals surface area contributed by atoms with Crippen molar-refractivity contribution in [3.05, 3.63) is 64.8 Å². The summed E-state index contributed by atoms with van der Waals surface area (Å²) in [5, 5.41) is 2.47. The van der Waals surface area contributed by atoms with Crippen molar-refractivity contribution in [3.63, 3.8) is 0 Å². The van der Waals surface area contributed by atoms with Crippen LogP contribution < -0.4 is 19.3 Å². The highest BCUT2D eigenvalue weighted by Crippen LogP contribution is 2.40. The summed E-state index contributed by atoms with van der Waals surface area (Å²) in [4.78, 5) is 31.3. The molecule has 0 aliphatic carbocycles. The molecule has 0 saturated carbocycles. The number of ether oxygens (including phenoxy) is 2. The Morgan fingerprint density at radius 2 is 1.98 bits per heavy atom. The van der Waals surface area contributed by atoms with Crippen molar-refractivity contribution >= 4 is 39.8 Å². The van der Waals surface area contributed by atoms with Gasteiger partial charge in [-0.2, -0.15) is 9.97 Å². The molecule has 0 radical (unpaired) electrons. The van der Waals surface area contributed by atoms with Crippen LogP contribution in [0.15, 0.2) is 42.9 Å². The largest absolute Gasteiger partial charge is 0.467 e. The molecule has 208 valence electrons. The normalized spacial score (nSPS) is 17.0. The first kappa shape index (κ1) is 26.4. The van der Waals surface area contributed by atoms with Crippen molar-refractivity contribution in [2.24, 2.45) is 5.41 Å². The number of imidazole rings is 1. The molecule has 2 aliphatic rings. The lowest BCUT2D eigenvalue weighted by atomic mass is 9.97. The van der Waals surface area contributed by atoms with Gasteiger partial charge < -0.3 is 23.8 Å². The molecule has 0 bridgehead atoms. The molecule has 4 aromatic rings. The first-order chi connectivity index (χ1) is 19.1. The highest BCUT2D eigenvalue weighted by atomic mass is 35.5. The number of halogens is 1. The van der Waals surface area contributed by atoms with E-state index in [-0.39, 0.29) is 12.0 Å². The number of nitrogens with zero attached hydrogens (tertiary/aromatic N) is 6. The molecule has 1 atom stereocenters. The number of methoxy groups -OCH3 is 1. The maximum atomic E-state index is 12.7. The number of hydrogen-bond donors (Lipinski definition) is 0. The molecule has 10 heteroatoms. The molecule has 2 aromatic heterocycles. The van der Waals surface area contributed by atoms with Gasteiger partial charge in [0.1, 0.15) is 11.6 Å². The van der Waals surface area contributed by atoms with E-state index in [0.717, 1.165) is 65.3 Å². The van der Waals surface area contributed by atoms with Gasteiger partial charge in [-0.1, -0.05) is 23.7 Å². The third-order valence-corrected chi connectivity index (χ3v) is 7.96. The molecule has 4 heterocycles. The highest BCUT2D eigenvalue weighted by molar-refractivity contribution is 6.36.